The average Bonchev–Trinajstić information content (AvgIpc) is 3.23. The monoisotopic (exact) mass is 392 g/mol. The van der Waals surface area contributed by atoms with Gasteiger partial charge in [0.25, 0.3) is 0 Å². The molecule has 1 atom stereocenters. The van der Waals surface area contributed by atoms with E-state index in [0.717, 1.165) is 24.0 Å². The maximum atomic E-state index is 13.3. The molecule has 1 aliphatic carbocycles. The number of carbonyl (C=O) groups is 2. The van der Waals surface area contributed by atoms with Crippen LogP contribution in [0.15, 0.2) is 54.6 Å². The van der Waals surface area contributed by atoms with Gasteiger partial charge in [-0.05, 0) is 37.3 Å². The van der Waals surface area contributed by atoms with Crippen molar-refractivity contribution in [3.05, 3.63) is 71.3 Å². The predicted octanol–water partition coefficient (Wildman–Crippen LogP) is 4.40. The number of benzene rings is 2. The highest BCUT2D eigenvalue weighted by Crippen LogP contribution is 2.20. The largest absolute Gasteiger partial charge is 0.352 e. The summed E-state index contributed by atoms with van der Waals surface area (Å²) >= 11 is 0. The fraction of sp³-hybridized carbons (Fsp3) is 0.440. The molecular weight excluding hydrogens is 360 g/mol. The normalized spacial score (nSPS) is 15.1. The fourth-order valence-corrected chi connectivity index (χ4v) is 4.05. The number of amides is 2. The van der Waals surface area contributed by atoms with E-state index in [1.54, 1.807) is 4.90 Å². The van der Waals surface area contributed by atoms with Crippen LogP contribution in [0.1, 0.15) is 55.7 Å². The summed E-state index contributed by atoms with van der Waals surface area (Å²) in [6.07, 6.45) is 5.32. The molecule has 2 aromatic rings. The maximum Gasteiger partial charge on any atom is 0.243 e. The molecule has 154 valence electrons. The highest BCUT2D eigenvalue weighted by atomic mass is 16.2. The molecule has 4 heteroatoms. The maximum absolute atomic E-state index is 13.3. The van der Waals surface area contributed by atoms with Crippen molar-refractivity contribution in [1.82, 2.24) is 10.2 Å². The number of aryl methyl sites for hydroxylation is 1. The topological polar surface area (TPSA) is 49.4 Å². The van der Waals surface area contributed by atoms with Gasteiger partial charge >= 0.3 is 0 Å². The van der Waals surface area contributed by atoms with Crippen LogP contribution in [0.4, 0.5) is 0 Å². The summed E-state index contributed by atoms with van der Waals surface area (Å²) in [4.78, 5) is 28.1. The molecular formula is C25H32N2O2. The molecule has 29 heavy (non-hydrogen) atoms. The minimum atomic E-state index is -0.450. The molecule has 1 unspecified atom stereocenters. The minimum absolute atomic E-state index is 0.00821. The van der Waals surface area contributed by atoms with E-state index in [1.807, 2.05) is 68.4 Å². The molecule has 1 aliphatic rings. The van der Waals surface area contributed by atoms with Crippen LogP contribution in [0.2, 0.25) is 0 Å². The molecule has 2 amide bonds. The average molecular weight is 393 g/mol. The number of nitrogens with zero attached hydrogens (tertiary/aromatic N) is 1. The van der Waals surface area contributed by atoms with Gasteiger partial charge in [-0.25, -0.2) is 0 Å². The quantitative estimate of drug-likeness (QED) is 0.724. The summed E-state index contributed by atoms with van der Waals surface area (Å²) in [6.45, 7) is 4.46. The molecule has 0 bridgehead atoms. The summed E-state index contributed by atoms with van der Waals surface area (Å²) in [6, 6.07) is 17.8. The molecule has 0 aliphatic heterocycles. The van der Waals surface area contributed by atoms with Crippen molar-refractivity contribution in [3.63, 3.8) is 0 Å². The molecule has 1 N–H and O–H groups in total. The van der Waals surface area contributed by atoms with Crippen molar-refractivity contribution in [2.24, 2.45) is 0 Å². The van der Waals surface area contributed by atoms with E-state index >= 15 is 0 Å². The first kappa shape index (κ1) is 21.1. The van der Waals surface area contributed by atoms with Gasteiger partial charge in [0.1, 0.15) is 6.04 Å². The van der Waals surface area contributed by atoms with Crippen molar-refractivity contribution >= 4 is 11.8 Å². The van der Waals surface area contributed by atoms with Gasteiger partial charge in [-0.15, -0.1) is 0 Å². The molecule has 2 aromatic carbocycles. The number of hydrogen-bond donors (Lipinski definition) is 1. The first-order valence-corrected chi connectivity index (χ1v) is 10.8. The molecule has 0 heterocycles. The predicted molar refractivity (Wildman–Crippen MR) is 116 cm³/mol. The first-order chi connectivity index (χ1) is 14.1. The van der Waals surface area contributed by atoms with Gasteiger partial charge in [-0.3, -0.25) is 9.59 Å². The van der Waals surface area contributed by atoms with E-state index in [2.05, 4.69) is 5.32 Å². The zero-order valence-electron chi connectivity index (χ0n) is 17.6. The number of hydrogen-bond acceptors (Lipinski definition) is 2. The standard InChI is InChI=1S/C25H32N2O2/c1-3-23(25(29)26-22-11-7-8-12-22)27(18-21-9-5-4-6-10-21)24(28)17-20-15-13-19(2)14-16-20/h4-6,9-10,13-16,22-23H,3,7-8,11-12,17-18H2,1-2H3,(H,26,29). The summed E-state index contributed by atoms with van der Waals surface area (Å²) in [7, 11) is 0. The Morgan fingerprint density at radius 3 is 2.28 bits per heavy atom. The zero-order valence-corrected chi connectivity index (χ0v) is 17.6. The van der Waals surface area contributed by atoms with Crippen LogP contribution in [0.3, 0.4) is 0 Å². The lowest BCUT2D eigenvalue weighted by molar-refractivity contribution is -0.141. The number of nitrogens with one attached hydrogen (secondary N) is 1. The molecule has 0 spiro atoms. The Kier molecular flexibility index (Phi) is 7.45. The second-order valence-electron chi connectivity index (χ2n) is 8.08. The van der Waals surface area contributed by atoms with E-state index < -0.39 is 6.04 Å². The van der Waals surface area contributed by atoms with Crippen LogP contribution < -0.4 is 5.32 Å². The van der Waals surface area contributed by atoms with Crippen LogP contribution in [-0.4, -0.2) is 28.8 Å². The Balaban J connectivity index is 1.78. The fourth-order valence-electron chi connectivity index (χ4n) is 4.05. The molecule has 4 nitrogen and oxygen atoms in total. The molecule has 0 aromatic heterocycles. The smallest absolute Gasteiger partial charge is 0.243 e. The van der Waals surface area contributed by atoms with Crippen molar-refractivity contribution in [2.45, 2.75) is 71.0 Å². The van der Waals surface area contributed by atoms with Crippen molar-refractivity contribution in [3.8, 4) is 0 Å². The lowest BCUT2D eigenvalue weighted by Gasteiger charge is -2.31. The van der Waals surface area contributed by atoms with Gasteiger partial charge in [-0.2, -0.15) is 0 Å². The second-order valence-corrected chi connectivity index (χ2v) is 8.08. The Hall–Kier alpha value is -2.62. The summed E-state index contributed by atoms with van der Waals surface area (Å²) in [5.41, 5.74) is 3.19. The van der Waals surface area contributed by atoms with E-state index in [9.17, 15) is 9.59 Å². The van der Waals surface area contributed by atoms with Crippen LogP contribution in [0, 0.1) is 6.92 Å². The number of carbonyl (C=O) groups excluding carboxylic acids is 2. The van der Waals surface area contributed by atoms with Crippen LogP contribution in [0.25, 0.3) is 0 Å². The minimum Gasteiger partial charge on any atom is -0.352 e. The molecule has 1 fully saturated rings. The van der Waals surface area contributed by atoms with Crippen molar-refractivity contribution < 1.29 is 9.59 Å². The highest BCUT2D eigenvalue weighted by Gasteiger charge is 2.30. The summed E-state index contributed by atoms with van der Waals surface area (Å²) < 4.78 is 0. The van der Waals surface area contributed by atoms with E-state index in [4.69, 9.17) is 0 Å². The van der Waals surface area contributed by atoms with Gasteiger partial charge in [0.15, 0.2) is 0 Å². The van der Waals surface area contributed by atoms with Crippen LogP contribution in [-0.2, 0) is 22.6 Å². The van der Waals surface area contributed by atoms with Crippen molar-refractivity contribution in [1.29, 1.82) is 0 Å². The SMILES string of the molecule is CCC(C(=O)NC1CCCC1)N(Cc1ccccc1)C(=O)Cc1ccc(C)cc1. The third-order valence-corrected chi connectivity index (χ3v) is 5.76. The highest BCUT2D eigenvalue weighted by molar-refractivity contribution is 5.88. The van der Waals surface area contributed by atoms with Gasteiger partial charge in [0, 0.05) is 12.6 Å². The Morgan fingerprint density at radius 2 is 1.66 bits per heavy atom. The number of rotatable bonds is 8. The van der Waals surface area contributed by atoms with Crippen LogP contribution in [0.5, 0.6) is 0 Å². The van der Waals surface area contributed by atoms with E-state index in [1.165, 1.54) is 18.4 Å². The lowest BCUT2D eigenvalue weighted by Crippen LogP contribution is -2.51. The molecule has 0 radical (unpaired) electrons. The lowest BCUT2D eigenvalue weighted by atomic mass is 10.1. The molecule has 1 saturated carbocycles. The third kappa shape index (κ3) is 5.93. The third-order valence-electron chi connectivity index (χ3n) is 5.76. The molecule has 0 saturated heterocycles. The summed E-state index contributed by atoms with van der Waals surface area (Å²) in [5, 5.41) is 3.19. The Labute approximate surface area is 174 Å². The Bertz CT molecular complexity index is 795. The van der Waals surface area contributed by atoms with Gasteiger partial charge in [-0.1, -0.05) is 79.9 Å². The zero-order chi connectivity index (χ0) is 20.6. The van der Waals surface area contributed by atoms with Gasteiger partial charge in [0.2, 0.25) is 11.8 Å². The van der Waals surface area contributed by atoms with Gasteiger partial charge in [0.05, 0.1) is 6.42 Å². The Morgan fingerprint density at radius 1 is 1.00 bits per heavy atom. The second kappa shape index (κ2) is 10.2. The van der Waals surface area contributed by atoms with E-state index in [-0.39, 0.29) is 17.9 Å². The first-order valence-electron chi connectivity index (χ1n) is 10.8. The van der Waals surface area contributed by atoms with E-state index in [0.29, 0.717) is 19.4 Å². The molecule has 3 rings (SSSR count). The van der Waals surface area contributed by atoms with Crippen LogP contribution >= 0.6 is 0 Å². The van der Waals surface area contributed by atoms with Gasteiger partial charge < -0.3 is 10.2 Å². The van der Waals surface area contributed by atoms with Crippen molar-refractivity contribution in [2.75, 3.05) is 0 Å². The summed E-state index contributed by atoms with van der Waals surface area (Å²) in [5.74, 6) is -0.0290.